The number of hydrogen-bond donors (Lipinski definition) is 2. The fourth-order valence-electron chi connectivity index (χ4n) is 4.14. The van der Waals surface area contributed by atoms with Crippen LogP contribution >= 0.6 is 11.8 Å². The number of anilines is 1. The number of rotatable bonds is 7. The van der Waals surface area contributed by atoms with Crippen LogP contribution in [0.25, 0.3) is 16.9 Å². The Labute approximate surface area is 219 Å². The molecule has 1 fully saturated rings. The van der Waals surface area contributed by atoms with Gasteiger partial charge in [0, 0.05) is 23.1 Å². The Kier molecular flexibility index (Phi) is 9.75. The van der Waals surface area contributed by atoms with E-state index in [4.69, 9.17) is 19.6 Å². The number of pyridine rings is 1. The lowest BCUT2D eigenvalue weighted by Gasteiger charge is -2.24. The van der Waals surface area contributed by atoms with Crippen molar-refractivity contribution in [3.05, 3.63) is 42.1 Å². The molecule has 1 unspecified atom stereocenters. The molecule has 2 N–H and O–H groups in total. The number of methoxy groups -OCH3 is 1. The van der Waals surface area contributed by atoms with Gasteiger partial charge in [-0.2, -0.15) is 13.2 Å². The number of hydrogen-bond acceptors (Lipinski definition) is 5. The molecular weight excluding hydrogens is 503 g/mol. The summed E-state index contributed by atoms with van der Waals surface area (Å²) in [6.07, 6.45) is 4.62. The molecule has 1 aliphatic rings. The third kappa shape index (κ3) is 7.56. The van der Waals surface area contributed by atoms with Crippen LogP contribution in [0.2, 0.25) is 0 Å². The van der Waals surface area contributed by atoms with Gasteiger partial charge in [-0.05, 0) is 62.1 Å². The van der Waals surface area contributed by atoms with Gasteiger partial charge < -0.3 is 15.2 Å². The number of imidazole rings is 1. The molecule has 0 spiro atoms. The van der Waals surface area contributed by atoms with E-state index in [-0.39, 0.29) is 0 Å². The summed E-state index contributed by atoms with van der Waals surface area (Å²) in [5.41, 5.74) is 4.39. The Morgan fingerprint density at radius 1 is 1.24 bits per heavy atom. The molecule has 1 saturated carbocycles. The molecular formula is C27H34F3N3O3S. The first-order valence-corrected chi connectivity index (χ1v) is 13.3. The first-order chi connectivity index (χ1) is 17.5. The van der Waals surface area contributed by atoms with Gasteiger partial charge in [-0.15, -0.1) is 11.8 Å². The number of benzene rings is 1. The molecule has 0 amide bonds. The molecule has 37 heavy (non-hydrogen) atoms. The van der Waals surface area contributed by atoms with Gasteiger partial charge in [0.05, 0.1) is 12.0 Å². The van der Waals surface area contributed by atoms with Crippen LogP contribution in [-0.4, -0.2) is 45.0 Å². The minimum Gasteiger partial charge on any atom is -0.496 e. The van der Waals surface area contributed by atoms with Crippen LogP contribution in [0.3, 0.4) is 0 Å². The van der Waals surface area contributed by atoms with Crippen LogP contribution in [-0.2, 0) is 4.79 Å². The number of ether oxygens (including phenoxy) is 1. The summed E-state index contributed by atoms with van der Waals surface area (Å²) in [5.74, 6) is -0.709. The highest BCUT2D eigenvalue weighted by atomic mass is 32.2. The summed E-state index contributed by atoms with van der Waals surface area (Å²) in [6.45, 7) is 6.61. The Morgan fingerprint density at radius 3 is 2.51 bits per heavy atom. The molecule has 3 aromatic rings. The van der Waals surface area contributed by atoms with Crippen molar-refractivity contribution in [3.8, 4) is 17.0 Å². The molecule has 10 heteroatoms. The molecule has 1 aromatic carbocycles. The molecule has 202 valence electrons. The number of carboxylic acids is 1. The van der Waals surface area contributed by atoms with Gasteiger partial charge in [0.15, 0.2) is 0 Å². The number of aryl methyl sites for hydroxylation is 1. The average Bonchev–Trinajstić information content (AvgIpc) is 3.21. The SMILES string of the molecule is CCC(C)Sc1cc(-c2nc3cc(C)ccn3c2NC2CCCCC2)ccc1OC.O=C(O)C(F)(F)F. The summed E-state index contributed by atoms with van der Waals surface area (Å²) < 4.78 is 39.6. The average molecular weight is 538 g/mol. The maximum atomic E-state index is 10.6. The van der Waals surface area contributed by atoms with E-state index in [9.17, 15) is 13.2 Å². The number of thioether (sulfide) groups is 1. The second kappa shape index (κ2) is 12.6. The minimum absolute atomic E-state index is 0.519. The van der Waals surface area contributed by atoms with Crippen molar-refractivity contribution in [3.63, 3.8) is 0 Å². The summed E-state index contributed by atoms with van der Waals surface area (Å²) in [6, 6.07) is 11.3. The monoisotopic (exact) mass is 537 g/mol. The van der Waals surface area contributed by atoms with Crippen molar-refractivity contribution in [1.29, 1.82) is 0 Å². The third-order valence-corrected chi connectivity index (χ3v) is 7.62. The maximum absolute atomic E-state index is 10.6. The summed E-state index contributed by atoms with van der Waals surface area (Å²) >= 11 is 1.87. The van der Waals surface area contributed by atoms with E-state index in [1.807, 2.05) is 11.8 Å². The zero-order valence-corrected chi connectivity index (χ0v) is 22.4. The lowest BCUT2D eigenvalue weighted by Crippen LogP contribution is -2.23. The van der Waals surface area contributed by atoms with E-state index in [1.165, 1.54) is 42.6 Å². The highest BCUT2D eigenvalue weighted by Crippen LogP contribution is 2.39. The second-order valence-electron chi connectivity index (χ2n) is 9.23. The van der Waals surface area contributed by atoms with Gasteiger partial charge >= 0.3 is 12.1 Å². The summed E-state index contributed by atoms with van der Waals surface area (Å²) in [7, 11) is 1.75. The Balaban J connectivity index is 0.000000479. The van der Waals surface area contributed by atoms with Gasteiger partial charge in [0.1, 0.15) is 22.9 Å². The van der Waals surface area contributed by atoms with Crippen LogP contribution in [0.15, 0.2) is 41.4 Å². The van der Waals surface area contributed by atoms with Crippen LogP contribution in [0.4, 0.5) is 19.0 Å². The van der Waals surface area contributed by atoms with Gasteiger partial charge in [0.25, 0.3) is 0 Å². The molecule has 2 heterocycles. The molecule has 0 aliphatic heterocycles. The number of fused-ring (bicyclic) bond motifs is 1. The van der Waals surface area contributed by atoms with E-state index >= 15 is 0 Å². The standard InChI is InChI=1S/C25H33N3OS.C2HF3O2/c1-5-18(3)30-22-16-19(11-12-21(22)29-4)24-25(26-20-9-7-6-8-10-20)28-14-13-17(2)15-23(28)27-24;3-2(4,5)1(6)7/h11-16,18,20,26H,5-10H2,1-4H3;(H,6,7). The van der Waals surface area contributed by atoms with Crippen LogP contribution in [0.5, 0.6) is 5.75 Å². The molecule has 6 nitrogen and oxygen atoms in total. The highest BCUT2D eigenvalue weighted by molar-refractivity contribution is 8.00. The maximum Gasteiger partial charge on any atom is 0.490 e. The Hall–Kier alpha value is -2.88. The number of nitrogens with one attached hydrogen (secondary N) is 1. The van der Waals surface area contributed by atoms with E-state index in [0.29, 0.717) is 11.3 Å². The number of aromatic nitrogens is 2. The Bertz CT molecular complexity index is 1210. The predicted molar refractivity (Wildman–Crippen MR) is 142 cm³/mol. The van der Waals surface area contributed by atoms with Crippen molar-refractivity contribution >= 4 is 29.2 Å². The van der Waals surface area contributed by atoms with Crippen molar-refractivity contribution in [2.45, 2.75) is 81.7 Å². The summed E-state index contributed by atoms with van der Waals surface area (Å²) in [4.78, 5) is 15.1. The highest BCUT2D eigenvalue weighted by Gasteiger charge is 2.38. The number of alkyl halides is 3. The normalized spacial score (nSPS) is 15.1. The first kappa shape index (κ1) is 28.7. The number of halogens is 3. The zero-order chi connectivity index (χ0) is 27.2. The van der Waals surface area contributed by atoms with Gasteiger partial charge in [-0.25, -0.2) is 9.78 Å². The molecule has 4 rings (SSSR count). The first-order valence-electron chi connectivity index (χ1n) is 12.4. The van der Waals surface area contributed by atoms with Gasteiger partial charge in [-0.3, -0.25) is 4.40 Å². The number of nitrogens with zero attached hydrogens (tertiary/aromatic N) is 2. The topological polar surface area (TPSA) is 75.9 Å². The molecule has 0 bridgehead atoms. The molecule has 0 radical (unpaired) electrons. The largest absolute Gasteiger partial charge is 0.496 e. The molecule has 1 aliphatic carbocycles. The van der Waals surface area contributed by atoms with E-state index < -0.39 is 12.1 Å². The third-order valence-electron chi connectivity index (χ3n) is 6.31. The minimum atomic E-state index is -5.08. The number of aliphatic carboxylic acids is 1. The van der Waals surface area contributed by atoms with Crippen LogP contribution in [0, 0.1) is 6.92 Å². The fraction of sp³-hybridized carbons (Fsp3) is 0.481. The summed E-state index contributed by atoms with van der Waals surface area (Å²) in [5, 5.41) is 11.5. The molecule has 1 atom stereocenters. The van der Waals surface area contributed by atoms with E-state index in [2.05, 4.69) is 67.0 Å². The van der Waals surface area contributed by atoms with Gasteiger partial charge in [-0.1, -0.05) is 33.1 Å². The number of carbonyl (C=O) groups is 1. The van der Waals surface area contributed by atoms with Crippen molar-refractivity contribution in [2.24, 2.45) is 0 Å². The lowest BCUT2D eigenvalue weighted by atomic mass is 9.95. The Morgan fingerprint density at radius 2 is 1.92 bits per heavy atom. The van der Waals surface area contributed by atoms with E-state index in [1.54, 1.807) is 7.11 Å². The predicted octanol–water partition coefficient (Wildman–Crippen LogP) is 7.59. The molecule has 0 saturated heterocycles. The van der Waals surface area contributed by atoms with Crippen LogP contribution in [0.1, 0.15) is 57.9 Å². The van der Waals surface area contributed by atoms with Crippen molar-refractivity contribution in [2.75, 3.05) is 12.4 Å². The lowest BCUT2D eigenvalue weighted by molar-refractivity contribution is -0.192. The zero-order valence-electron chi connectivity index (χ0n) is 21.6. The number of carboxylic acid groups (broad SMARTS) is 1. The van der Waals surface area contributed by atoms with Gasteiger partial charge in [0.2, 0.25) is 0 Å². The van der Waals surface area contributed by atoms with Crippen molar-refractivity contribution < 1.29 is 27.8 Å². The van der Waals surface area contributed by atoms with E-state index in [0.717, 1.165) is 34.9 Å². The quantitative estimate of drug-likeness (QED) is 0.303. The second-order valence-corrected chi connectivity index (χ2v) is 10.7. The smallest absolute Gasteiger partial charge is 0.490 e. The van der Waals surface area contributed by atoms with Crippen molar-refractivity contribution in [1.82, 2.24) is 9.38 Å². The molecule has 2 aromatic heterocycles. The fourth-order valence-corrected chi connectivity index (χ4v) is 5.20. The van der Waals surface area contributed by atoms with Crippen LogP contribution < -0.4 is 10.1 Å².